The molecule has 3 N–H and O–H groups in total. The molecule has 2 rings (SSSR count). The maximum atomic E-state index is 12.7. The van der Waals surface area contributed by atoms with Crippen molar-refractivity contribution in [3.05, 3.63) is 22.8 Å². The van der Waals surface area contributed by atoms with Gasteiger partial charge in [0.05, 0.1) is 16.5 Å². The number of rotatable bonds is 2. The number of hydrogen-bond donors (Lipinski definition) is 2. The summed E-state index contributed by atoms with van der Waals surface area (Å²) < 4.78 is 38.2. The molecule has 1 aromatic heterocycles. The number of carbonyl (C=O) groups is 1. The first-order valence-corrected chi connectivity index (χ1v) is 6.69. The van der Waals surface area contributed by atoms with Gasteiger partial charge in [-0.1, -0.05) is 11.6 Å². The molecule has 5 nitrogen and oxygen atoms in total. The second-order valence-corrected chi connectivity index (χ2v) is 5.24. The first kappa shape index (κ1) is 15.8. The van der Waals surface area contributed by atoms with E-state index in [4.69, 9.17) is 17.4 Å². The lowest BCUT2D eigenvalue weighted by atomic mass is 9.97. The van der Waals surface area contributed by atoms with Crippen molar-refractivity contribution in [1.82, 2.24) is 9.88 Å². The standard InChI is InChI=1S/C12H14ClF3N4O/c13-9-4-7(5-18-10(9)19-17)11(21)20-3-1-2-8(6-20)12(14,15)16/h4-5,8H,1-3,6,17H2,(H,18,19). The van der Waals surface area contributed by atoms with Crippen molar-refractivity contribution in [2.45, 2.75) is 19.0 Å². The number of halogens is 4. The number of pyridine rings is 1. The average molecular weight is 323 g/mol. The van der Waals surface area contributed by atoms with Crippen LogP contribution in [0.25, 0.3) is 0 Å². The summed E-state index contributed by atoms with van der Waals surface area (Å²) in [6.07, 6.45) is -2.69. The molecule has 1 fully saturated rings. The third-order valence-electron chi connectivity index (χ3n) is 3.40. The molecule has 116 valence electrons. The summed E-state index contributed by atoms with van der Waals surface area (Å²) in [5.74, 6) is 3.37. The number of anilines is 1. The van der Waals surface area contributed by atoms with Crippen LogP contribution in [0.4, 0.5) is 19.0 Å². The van der Waals surface area contributed by atoms with Crippen LogP contribution in [0.1, 0.15) is 23.2 Å². The van der Waals surface area contributed by atoms with Crippen molar-refractivity contribution < 1.29 is 18.0 Å². The molecule has 1 atom stereocenters. The molecule has 0 bridgehead atoms. The van der Waals surface area contributed by atoms with Crippen molar-refractivity contribution in [3.63, 3.8) is 0 Å². The third-order valence-corrected chi connectivity index (χ3v) is 3.68. The van der Waals surface area contributed by atoms with E-state index >= 15 is 0 Å². The molecule has 9 heteroatoms. The topological polar surface area (TPSA) is 71.2 Å². The van der Waals surface area contributed by atoms with Crippen LogP contribution in [0, 0.1) is 5.92 Å². The highest BCUT2D eigenvalue weighted by molar-refractivity contribution is 6.33. The van der Waals surface area contributed by atoms with Crippen LogP contribution in [-0.2, 0) is 0 Å². The van der Waals surface area contributed by atoms with Gasteiger partial charge in [0.25, 0.3) is 5.91 Å². The fourth-order valence-corrected chi connectivity index (χ4v) is 2.49. The maximum absolute atomic E-state index is 12.7. The molecule has 1 saturated heterocycles. The Bertz CT molecular complexity index is 538. The zero-order valence-corrected chi connectivity index (χ0v) is 11.7. The van der Waals surface area contributed by atoms with E-state index in [9.17, 15) is 18.0 Å². The largest absolute Gasteiger partial charge is 0.393 e. The van der Waals surface area contributed by atoms with Gasteiger partial charge in [0.1, 0.15) is 0 Å². The Hall–Kier alpha value is -1.54. The summed E-state index contributed by atoms with van der Waals surface area (Å²) in [6, 6.07) is 1.34. The molecule has 0 aromatic carbocycles. The van der Waals surface area contributed by atoms with Crippen molar-refractivity contribution in [1.29, 1.82) is 0 Å². The van der Waals surface area contributed by atoms with E-state index in [0.717, 1.165) is 0 Å². The number of likely N-dealkylation sites (tertiary alicyclic amines) is 1. The van der Waals surface area contributed by atoms with Gasteiger partial charge in [-0.25, -0.2) is 10.8 Å². The van der Waals surface area contributed by atoms with E-state index in [0.29, 0.717) is 13.0 Å². The lowest BCUT2D eigenvalue weighted by Crippen LogP contribution is -2.44. The Morgan fingerprint density at radius 2 is 2.24 bits per heavy atom. The molecule has 0 radical (unpaired) electrons. The third kappa shape index (κ3) is 3.56. The van der Waals surface area contributed by atoms with Gasteiger partial charge < -0.3 is 10.3 Å². The molecular formula is C12H14ClF3N4O. The lowest BCUT2D eigenvalue weighted by molar-refractivity contribution is -0.184. The van der Waals surface area contributed by atoms with Crippen molar-refractivity contribution in [2.75, 3.05) is 18.5 Å². The Morgan fingerprint density at radius 1 is 1.52 bits per heavy atom. The number of hydrazine groups is 1. The molecule has 1 aliphatic rings. The van der Waals surface area contributed by atoms with Gasteiger partial charge >= 0.3 is 6.18 Å². The van der Waals surface area contributed by atoms with Gasteiger partial charge in [-0.15, -0.1) is 0 Å². The lowest BCUT2D eigenvalue weighted by Gasteiger charge is -2.33. The maximum Gasteiger partial charge on any atom is 0.393 e. The molecular weight excluding hydrogens is 309 g/mol. The Labute approximate surface area is 124 Å². The zero-order valence-electron chi connectivity index (χ0n) is 11.0. The van der Waals surface area contributed by atoms with Crippen LogP contribution < -0.4 is 11.3 Å². The van der Waals surface area contributed by atoms with Crippen LogP contribution in [0.5, 0.6) is 0 Å². The SMILES string of the molecule is NNc1ncc(C(=O)N2CCCC(C(F)(F)F)C2)cc1Cl. The molecule has 0 aliphatic carbocycles. The van der Waals surface area contributed by atoms with Gasteiger partial charge in [-0.2, -0.15) is 13.2 Å². The number of alkyl halides is 3. The highest BCUT2D eigenvalue weighted by atomic mass is 35.5. The predicted molar refractivity (Wildman–Crippen MR) is 71.7 cm³/mol. The highest BCUT2D eigenvalue weighted by Gasteiger charge is 2.42. The van der Waals surface area contributed by atoms with E-state index in [1.165, 1.54) is 17.2 Å². The Kier molecular flexibility index (Phi) is 4.58. The monoisotopic (exact) mass is 322 g/mol. The number of nitrogen functional groups attached to an aromatic ring is 1. The number of hydrogen-bond acceptors (Lipinski definition) is 4. The summed E-state index contributed by atoms with van der Waals surface area (Å²) in [7, 11) is 0. The first-order chi connectivity index (χ1) is 9.82. The van der Waals surface area contributed by atoms with Gasteiger partial charge in [-0.05, 0) is 18.9 Å². The van der Waals surface area contributed by atoms with Gasteiger partial charge in [0, 0.05) is 19.3 Å². The number of amides is 1. The van der Waals surface area contributed by atoms with E-state index in [1.54, 1.807) is 0 Å². The number of nitrogens with two attached hydrogens (primary N) is 1. The molecule has 0 saturated carbocycles. The fourth-order valence-electron chi connectivity index (χ4n) is 2.27. The van der Waals surface area contributed by atoms with E-state index in [1.807, 2.05) is 0 Å². The van der Waals surface area contributed by atoms with Crippen molar-refractivity contribution in [3.8, 4) is 0 Å². The highest BCUT2D eigenvalue weighted by Crippen LogP contribution is 2.33. The van der Waals surface area contributed by atoms with Crippen molar-refractivity contribution in [2.24, 2.45) is 11.8 Å². The average Bonchev–Trinajstić information content (AvgIpc) is 2.45. The van der Waals surface area contributed by atoms with Crippen LogP contribution in [0.3, 0.4) is 0 Å². The predicted octanol–water partition coefficient (Wildman–Crippen LogP) is 2.44. The number of nitrogens with zero attached hydrogens (tertiary/aromatic N) is 2. The smallest absolute Gasteiger partial charge is 0.338 e. The Balaban J connectivity index is 2.14. The molecule has 21 heavy (non-hydrogen) atoms. The molecule has 0 spiro atoms. The van der Waals surface area contributed by atoms with Gasteiger partial charge in [0.2, 0.25) is 0 Å². The number of aromatic nitrogens is 1. The summed E-state index contributed by atoms with van der Waals surface area (Å²) in [5, 5.41) is 0.132. The second kappa shape index (κ2) is 6.07. The number of piperidine rings is 1. The zero-order chi connectivity index (χ0) is 15.6. The molecule has 1 unspecified atom stereocenters. The molecule has 2 heterocycles. The molecule has 1 amide bonds. The quantitative estimate of drug-likeness (QED) is 0.648. The van der Waals surface area contributed by atoms with Crippen LogP contribution >= 0.6 is 11.6 Å². The molecule has 1 aliphatic heterocycles. The summed E-state index contributed by atoms with van der Waals surface area (Å²) in [4.78, 5) is 17.3. The summed E-state index contributed by atoms with van der Waals surface area (Å²) in [5.41, 5.74) is 2.39. The minimum Gasteiger partial charge on any atom is -0.338 e. The summed E-state index contributed by atoms with van der Waals surface area (Å²) >= 11 is 5.86. The van der Waals surface area contributed by atoms with Crippen LogP contribution in [-0.4, -0.2) is 35.1 Å². The minimum atomic E-state index is -4.29. The fraction of sp³-hybridized carbons (Fsp3) is 0.500. The van der Waals surface area contributed by atoms with Gasteiger partial charge in [-0.3, -0.25) is 4.79 Å². The second-order valence-electron chi connectivity index (χ2n) is 4.83. The van der Waals surface area contributed by atoms with E-state index < -0.39 is 18.0 Å². The number of carbonyl (C=O) groups excluding carboxylic acids is 1. The number of nitrogens with one attached hydrogen (secondary N) is 1. The summed E-state index contributed by atoms with van der Waals surface area (Å²) in [6.45, 7) is -0.0449. The first-order valence-electron chi connectivity index (χ1n) is 6.31. The molecule has 1 aromatic rings. The van der Waals surface area contributed by atoms with Crippen LogP contribution in [0.2, 0.25) is 5.02 Å². The minimum absolute atomic E-state index is 0.0440. The van der Waals surface area contributed by atoms with E-state index in [-0.39, 0.29) is 29.4 Å². The van der Waals surface area contributed by atoms with Crippen molar-refractivity contribution >= 4 is 23.3 Å². The Morgan fingerprint density at radius 3 is 2.81 bits per heavy atom. The van der Waals surface area contributed by atoms with E-state index in [2.05, 4.69) is 10.4 Å². The van der Waals surface area contributed by atoms with Crippen LogP contribution in [0.15, 0.2) is 12.3 Å². The van der Waals surface area contributed by atoms with Gasteiger partial charge in [0.15, 0.2) is 5.82 Å². The normalized spacial score (nSPS) is 19.5.